The maximum Gasteiger partial charge on any atom is 0.203 e. The molecule has 3 heterocycles. The van der Waals surface area contributed by atoms with Crippen LogP contribution >= 0.6 is 0 Å². The van der Waals surface area contributed by atoms with Gasteiger partial charge in [0.1, 0.15) is 0 Å². The Labute approximate surface area is 123 Å². The molecule has 0 radical (unpaired) electrons. The van der Waals surface area contributed by atoms with E-state index < -0.39 is 0 Å². The number of hydrogen-bond acceptors (Lipinski definition) is 3. The van der Waals surface area contributed by atoms with E-state index in [9.17, 15) is 0 Å². The van der Waals surface area contributed by atoms with Crippen molar-refractivity contribution in [2.75, 3.05) is 18.0 Å². The first kappa shape index (κ1) is 12.4. The lowest BCUT2D eigenvalue weighted by Gasteiger charge is -2.31. The van der Waals surface area contributed by atoms with Gasteiger partial charge in [0.25, 0.3) is 0 Å². The topological polar surface area (TPSA) is 60.6 Å². The smallest absolute Gasteiger partial charge is 0.203 e. The Morgan fingerprint density at radius 1 is 1.29 bits per heavy atom. The van der Waals surface area contributed by atoms with E-state index in [1.54, 1.807) is 0 Å². The highest BCUT2D eigenvalue weighted by atomic mass is 15.3. The molecule has 1 saturated heterocycles. The predicted molar refractivity (Wildman–Crippen MR) is 83.6 cm³/mol. The van der Waals surface area contributed by atoms with E-state index in [1.165, 1.54) is 18.5 Å². The van der Waals surface area contributed by atoms with Crippen molar-refractivity contribution in [1.29, 1.82) is 0 Å². The molecule has 1 fully saturated rings. The summed E-state index contributed by atoms with van der Waals surface area (Å²) >= 11 is 0. The maximum atomic E-state index is 4.71. The van der Waals surface area contributed by atoms with E-state index in [0.717, 1.165) is 35.8 Å². The summed E-state index contributed by atoms with van der Waals surface area (Å²) in [5.74, 6) is 1.46. The molecule has 1 aliphatic heterocycles. The molecule has 1 atom stereocenters. The number of H-pyrrole nitrogens is 2. The van der Waals surface area contributed by atoms with Crippen LogP contribution in [0.3, 0.4) is 0 Å². The fourth-order valence-corrected chi connectivity index (χ4v) is 3.15. The lowest BCUT2D eigenvalue weighted by molar-refractivity contribution is 0.496. The number of benzene rings is 1. The van der Waals surface area contributed by atoms with Crippen molar-refractivity contribution in [3.63, 3.8) is 0 Å². The minimum absolute atomic E-state index is 0.483. The lowest BCUT2D eigenvalue weighted by atomic mass is 9.95. The Hall–Kier alpha value is -2.30. The van der Waals surface area contributed by atoms with Crippen molar-refractivity contribution in [2.45, 2.75) is 25.7 Å². The van der Waals surface area contributed by atoms with Crippen LogP contribution in [0.5, 0.6) is 0 Å². The van der Waals surface area contributed by atoms with E-state index in [2.05, 4.69) is 39.1 Å². The van der Waals surface area contributed by atoms with E-state index in [4.69, 9.17) is 4.98 Å². The van der Waals surface area contributed by atoms with E-state index in [1.807, 2.05) is 18.2 Å². The number of rotatable bonds is 2. The number of nitrogens with zero attached hydrogens (tertiary/aromatic N) is 3. The summed E-state index contributed by atoms with van der Waals surface area (Å²) in [5.41, 5.74) is 4.44. The van der Waals surface area contributed by atoms with Gasteiger partial charge in [-0.05, 0) is 38.0 Å². The van der Waals surface area contributed by atoms with Gasteiger partial charge in [-0.25, -0.2) is 4.98 Å². The Morgan fingerprint density at radius 3 is 3.00 bits per heavy atom. The predicted octanol–water partition coefficient (Wildman–Crippen LogP) is 2.98. The SMILES string of the molecule is Cc1cc([C@H]2CCCN(c3nc4ccccc4[nH]3)C2)n[nH]1. The highest BCUT2D eigenvalue weighted by Gasteiger charge is 2.24. The zero-order valence-electron chi connectivity index (χ0n) is 12.1. The van der Waals surface area contributed by atoms with E-state index >= 15 is 0 Å². The molecular formula is C16H19N5. The second-order valence-corrected chi connectivity index (χ2v) is 5.84. The molecule has 5 nitrogen and oxygen atoms in total. The van der Waals surface area contributed by atoms with Gasteiger partial charge in [-0.2, -0.15) is 5.10 Å². The number of hydrogen-bond donors (Lipinski definition) is 2. The van der Waals surface area contributed by atoms with Crippen molar-refractivity contribution in [3.05, 3.63) is 41.7 Å². The molecule has 5 heteroatoms. The molecular weight excluding hydrogens is 262 g/mol. The third kappa shape index (κ3) is 2.28. The van der Waals surface area contributed by atoms with Gasteiger partial charge in [0.15, 0.2) is 0 Å². The number of imidazole rings is 1. The molecule has 2 aromatic heterocycles. The molecule has 0 saturated carbocycles. The average Bonchev–Trinajstić information content (AvgIpc) is 3.13. The van der Waals surface area contributed by atoms with Crippen LogP contribution in [0.25, 0.3) is 11.0 Å². The molecule has 2 N–H and O–H groups in total. The van der Waals surface area contributed by atoms with Gasteiger partial charge in [-0.1, -0.05) is 12.1 Å². The largest absolute Gasteiger partial charge is 0.342 e. The van der Waals surface area contributed by atoms with Gasteiger partial charge in [-0.15, -0.1) is 0 Å². The lowest BCUT2D eigenvalue weighted by Crippen LogP contribution is -2.35. The van der Waals surface area contributed by atoms with Gasteiger partial charge in [0.2, 0.25) is 5.95 Å². The third-order valence-corrected chi connectivity index (χ3v) is 4.24. The molecule has 0 aliphatic carbocycles. The normalized spacial score (nSPS) is 19.3. The van der Waals surface area contributed by atoms with Crippen LogP contribution < -0.4 is 4.90 Å². The Bertz CT molecular complexity index is 724. The second-order valence-electron chi connectivity index (χ2n) is 5.84. The zero-order valence-corrected chi connectivity index (χ0v) is 12.1. The van der Waals surface area contributed by atoms with Crippen LogP contribution in [0.4, 0.5) is 5.95 Å². The van der Waals surface area contributed by atoms with Gasteiger partial charge in [-0.3, -0.25) is 5.10 Å². The van der Waals surface area contributed by atoms with Crippen LogP contribution in [-0.4, -0.2) is 33.3 Å². The summed E-state index contributed by atoms with van der Waals surface area (Å²) in [5, 5.41) is 7.48. The van der Waals surface area contributed by atoms with Crippen LogP contribution in [0, 0.1) is 6.92 Å². The molecule has 21 heavy (non-hydrogen) atoms. The summed E-state index contributed by atoms with van der Waals surface area (Å²) in [6.07, 6.45) is 2.37. The molecule has 3 aromatic rings. The average molecular weight is 281 g/mol. The molecule has 4 rings (SSSR count). The van der Waals surface area contributed by atoms with E-state index in [-0.39, 0.29) is 0 Å². The second kappa shape index (κ2) is 4.91. The Balaban J connectivity index is 1.60. The first-order valence-corrected chi connectivity index (χ1v) is 7.51. The monoisotopic (exact) mass is 281 g/mol. The molecule has 1 aliphatic rings. The maximum absolute atomic E-state index is 4.71. The van der Waals surface area contributed by atoms with Crippen LogP contribution in [0.15, 0.2) is 30.3 Å². The highest BCUT2D eigenvalue weighted by Crippen LogP contribution is 2.29. The minimum Gasteiger partial charge on any atom is -0.342 e. The van der Waals surface area contributed by atoms with Crippen LogP contribution in [-0.2, 0) is 0 Å². The number of para-hydroxylation sites is 2. The summed E-state index contributed by atoms with van der Waals surface area (Å²) < 4.78 is 0. The van der Waals surface area contributed by atoms with Crippen LogP contribution in [0.1, 0.15) is 30.1 Å². The van der Waals surface area contributed by atoms with Crippen LogP contribution in [0.2, 0.25) is 0 Å². The summed E-state index contributed by atoms with van der Waals surface area (Å²) in [7, 11) is 0. The first-order chi connectivity index (χ1) is 10.3. The molecule has 0 bridgehead atoms. The van der Waals surface area contributed by atoms with Crippen molar-refractivity contribution >= 4 is 17.0 Å². The minimum atomic E-state index is 0.483. The zero-order chi connectivity index (χ0) is 14.2. The first-order valence-electron chi connectivity index (χ1n) is 7.51. The fraction of sp³-hybridized carbons (Fsp3) is 0.375. The molecule has 0 spiro atoms. The summed E-state index contributed by atoms with van der Waals surface area (Å²) in [4.78, 5) is 10.5. The quantitative estimate of drug-likeness (QED) is 0.759. The number of nitrogens with one attached hydrogen (secondary N) is 2. The van der Waals surface area contributed by atoms with Crippen molar-refractivity contribution in [3.8, 4) is 0 Å². The van der Waals surface area contributed by atoms with Crippen molar-refractivity contribution < 1.29 is 0 Å². The van der Waals surface area contributed by atoms with Gasteiger partial charge in [0, 0.05) is 24.7 Å². The third-order valence-electron chi connectivity index (χ3n) is 4.24. The summed E-state index contributed by atoms with van der Waals surface area (Å²) in [6, 6.07) is 10.3. The van der Waals surface area contributed by atoms with E-state index in [0.29, 0.717) is 5.92 Å². The molecule has 108 valence electrons. The molecule has 1 aromatic carbocycles. The van der Waals surface area contributed by atoms with Gasteiger partial charge < -0.3 is 9.88 Å². The number of aromatic amines is 2. The van der Waals surface area contributed by atoms with Crippen molar-refractivity contribution in [1.82, 2.24) is 20.2 Å². The van der Waals surface area contributed by atoms with Gasteiger partial charge >= 0.3 is 0 Å². The number of anilines is 1. The number of piperidine rings is 1. The number of aryl methyl sites for hydroxylation is 1. The van der Waals surface area contributed by atoms with Gasteiger partial charge in [0.05, 0.1) is 16.7 Å². The summed E-state index contributed by atoms with van der Waals surface area (Å²) in [6.45, 7) is 4.08. The number of fused-ring (bicyclic) bond motifs is 1. The highest BCUT2D eigenvalue weighted by molar-refractivity contribution is 5.77. The Morgan fingerprint density at radius 2 is 2.19 bits per heavy atom. The molecule has 0 amide bonds. The van der Waals surface area contributed by atoms with Crippen molar-refractivity contribution in [2.24, 2.45) is 0 Å². The fourth-order valence-electron chi connectivity index (χ4n) is 3.15. The Kier molecular flexibility index (Phi) is 2.91. The molecule has 0 unspecified atom stereocenters. The number of aromatic nitrogens is 4. The standard InChI is InChI=1S/C16H19N5/c1-11-9-15(20-19-11)12-5-4-8-21(10-12)16-17-13-6-2-3-7-14(13)18-16/h2-3,6-7,9,12H,4-5,8,10H2,1H3,(H,17,18)(H,19,20)/t12-/m0/s1.